The molecule has 2 fully saturated rings. The number of likely N-dealkylation sites (tertiary alicyclic amines) is 1. The molecule has 6 heteroatoms. The molecule has 2 aromatic rings. The third-order valence-corrected chi connectivity index (χ3v) is 5.77. The van der Waals surface area contributed by atoms with Gasteiger partial charge in [0.15, 0.2) is 0 Å². The number of halogens is 1. The number of hydrogen-bond acceptors (Lipinski definition) is 3. The minimum absolute atomic E-state index is 0.140. The number of benzene rings is 1. The Morgan fingerprint density at radius 1 is 1.15 bits per heavy atom. The van der Waals surface area contributed by atoms with Crippen LogP contribution in [-0.4, -0.2) is 54.1 Å². The zero-order valence-electron chi connectivity index (χ0n) is 15.3. The van der Waals surface area contributed by atoms with Crippen molar-refractivity contribution in [2.75, 3.05) is 26.2 Å². The molecule has 0 aliphatic carbocycles. The molecule has 0 bridgehead atoms. The first-order valence-corrected chi connectivity index (χ1v) is 9.64. The van der Waals surface area contributed by atoms with E-state index < -0.39 is 0 Å². The van der Waals surface area contributed by atoms with Gasteiger partial charge in [-0.1, -0.05) is 0 Å². The van der Waals surface area contributed by atoms with E-state index in [0.29, 0.717) is 22.6 Å². The summed E-state index contributed by atoms with van der Waals surface area (Å²) >= 11 is 0. The molecule has 1 aromatic carbocycles. The molecule has 3 N–H and O–H groups in total. The van der Waals surface area contributed by atoms with Gasteiger partial charge in [0.05, 0.1) is 0 Å². The Hall–Kier alpha value is -1.92. The Balaban J connectivity index is 1.36. The largest absolute Gasteiger partial charge is 0.350 e. The number of aromatic nitrogens is 1. The summed E-state index contributed by atoms with van der Waals surface area (Å²) < 4.78 is 14.0. The molecule has 1 amide bonds. The number of aromatic amines is 1. The summed E-state index contributed by atoms with van der Waals surface area (Å²) in [6.07, 6.45) is 4.39. The van der Waals surface area contributed by atoms with Crippen LogP contribution in [0.4, 0.5) is 4.39 Å². The van der Waals surface area contributed by atoms with Crippen LogP contribution >= 0.6 is 0 Å². The minimum atomic E-state index is -0.287. The lowest BCUT2D eigenvalue weighted by molar-refractivity contribution is 0.0868. The van der Waals surface area contributed by atoms with E-state index in [-0.39, 0.29) is 17.8 Å². The van der Waals surface area contributed by atoms with Crippen LogP contribution in [0.1, 0.15) is 41.7 Å². The smallest absolute Gasteiger partial charge is 0.267 e. The highest BCUT2D eigenvalue weighted by atomic mass is 19.1. The molecule has 4 rings (SSSR count). The number of fused-ring (bicyclic) bond motifs is 1. The predicted molar refractivity (Wildman–Crippen MR) is 101 cm³/mol. The van der Waals surface area contributed by atoms with Gasteiger partial charge in [-0.05, 0) is 69.5 Å². The van der Waals surface area contributed by atoms with E-state index in [0.717, 1.165) is 44.6 Å². The van der Waals surface area contributed by atoms with E-state index in [2.05, 4.69) is 20.5 Å². The number of H-pyrrole nitrogens is 1. The van der Waals surface area contributed by atoms with Crippen LogP contribution in [0.3, 0.4) is 0 Å². The van der Waals surface area contributed by atoms with E-state index in [1.165, 1.54) is 18.9 Å². The van der Waals surface area contributed by atoms with Gasteiger partial charge in [0.2, 0.25) is 0 Å². The Kier molecular flexibility index (Phi) is 4.96. The average Bonchev–Trinajstić information content (AvgIpc) is 3.08. The Bertz CT molecular complexity index is 788. The van der Waals surface area contributed by atoms with Crippen LogP contribution in [-0.2, 0) is 0 Å². The normalized spacial score (nSPS) is 20.5. The molecule has 26 heavy (non-hydrogen) atoms. The fraction of sp³-hybridized carbons (Fsp3) is 0.550. The summed E-state index contributed by atoms with van der Waals surface area (Å²) in [6.45, 7) is 6.14. The minimum Gasteiger partial charge on any atom is -0.350 e. The molecule has 2 saturated heterocycles. The monoisotopic (exact) mass is 358 g/mol. The lowest BCUT2D eigenvalue weighted by atomic mass is 9.98. The fourth-order valence-corrected chi connectivity index (χ4v) is 4.30. The first kappa shape index (κ1) is 17.5. The number of piperidine rings is 2. The molecule has 2 aliphatic rings. The summed E-state index contributed by atoms with van der Waals surface area (Å²) in [7, 11) is 0. The van der Waals surface area contributed by atoms with E-state index >= 15 is 0 Å². The van der Waals surface area contributed by atoms with Gasteiger partial charge in [0.1, 0.15) is 11.5 Å². The van der Waals surface area contributed by atoms with Gasteiger partial charge in [-0.25, -0.2) is 4.39 Å². The summed E-state index contributed by atoms with van der Waals surface area (Å²) in [6, 6.07) is 5.86. The zero-order valence-corrected chi connectivity index (χ0v) is 15.3. The second-order valence-electron chi connectivity index (χ2n) is 7.66. The number of carbonyl (C=O) groups is 1. The van der Waals surface area contributed by atoms with Crippen LogP contribution < -0.4 is 10.6 Å². The highest BCUT2D eigenvalue weighted by Gasteiger charge is 2.27. The molecule has 0 unspecified atom stereocenters. The van der Waals surface area contributed by atoms with Gasteiger partial charge in [0, 0.05) is 36.1 Å². The van der Waals surface area contributed by atoms with Crippen LogP contribution in [0.25, 0.3) is 10.9 Å². The maximum Gasteiger partial charge on any atom is 0.267 e. The van der Waals surface area contributed by atoms with Crippen LogP contribution in [0.5, 0.6) is 0 Å². The number of nitrogens with one attached hydrogen (secondary N) is 3. The average molecular weight is 358 g/mol. The quantitative estimate of drug-likeness (QED) is 0.790. The van der Waals surface area contributed by atoms with Crippen molar-refractivity contribution in [2.24, 2.45) is 0 Å². The van der Waals surface area contributed by atoms with Crippen molar-refractivity contribution in [3.8, 4) is 0 Å². The topological polar surface area (TPSA) is 60.2 Å². The zero-order chi connectivity index (χ0) is 18.1. The summed E-state index contributed by atoms with van der Waals surface area (Å²) in [5.74, 6) is -0.427. The van der Waals surface area contributed by atoms with Crippen molar-refractivity contribution in [1.82, 2.24) is 20.5 Å². The standard InChI is InChI=1S/C20H27FN4O/c1-13-10-17(21)16-12-19(24-18(16)11-13)20(26)23-14-4-8-25(9-5-14)15-2-6-22-7-3-15/h10-12,14-15,22,24H,2-9H2,1H3,(H,23,26). The Morgan fingerprint density at radius 2 is 1.88 bits per heavy atom. The van der Waals surface area contributed by atoms with Gasteiger partial charge in [-0.2, -0.15) is 0 Å². The molecule has 5 nitrogen and oxygen atoms in total. The maximum absolute atomic E-state index is 14.0. The Morgan fingerprint density at radius 3 is 2.62 bits per heavy atom. The maximum atomic E-state index is 14.0. The first-order valence-electron chi connectivity index (χ1n) is 9.64. The van der Waals surface area contributed by atoms with E-state index in [1.807, 2.05) is 13.0 Å². The van der Waals surface area contributed by atoms with Crippen LogP contribution in [0, 0.1) is 12.7 Å². The van der Waals surface area contributed by atoms with E-state index in [4.69, 9.17) is 0 Å². The molecule has 3 heterocycles. The van der Waals surface area contributed by atoms with E-state index in [9.17, 15) is 9.18 Å². The number of aryl methyl sites for hydroxylation is 1. The number of carbonyl (C=O) groups excluding carboxylic acids is 1. The van der Waals surface area contributed by atoms with Gasteiger partial charge in [-0.3, -0.25) is 4.79 Å². The summed E-state index contributed by atoms with van der Waals surface area (Å²) in [4.78, 5) is 18.2. The molecule has 140 valence electrons. The van der Waals surface area contributed by atoms with Crippen LogP contribution in [0.2, 0.25) is 0 Å². The molecule has 0 atom stereocenters. The number of hydrogen-bond donors (Lipinski definition) is 3. The van der Waals surface area contributed by atoms with Gasteiger partial charge >= 0.3 is 0 Å². The van der Waals surface area contributed by atoms with Crippen molar-refractivity contribution in [3.05, 3.63) is 35.3 Å². The molecule has 0 saturated carbocycles. The van der Waals surface area contributed by atoms with Crippen molar-refractivity contribution in [3.63, 3.8) is 0 Å². The number of nitrogens with zero attached hydrogens (tertiary/aromatic N) is 1. The molecule has 0 radical (unpaired) electrons. The molecule has 0 spiro atoms. The highest BCUT2D eigenvalue weighted by molar-refractivity contribution is 5.98. The second kappa shape index (κ2) is 7.37. The van der Waals surface area contributed by atoms with Gasteiger partial charge < -0.3 is 20.5 Å². The second-order valence-corrected chi connectivity index (χ2v) is 7.66. The number of rotatable bonds is 3. The highest BCUT2D eigenvalue weighted by Crippen LogP contribution is 2.22. The third kappa shape index (κ3) is 3.62. The SMILES string of the molecule is Cc1cc(F)c2cc(C(=O)NC3CCN(C4CCNCC4)CC3)[nH]c2c1. The lowest BCUT2D eigenvalue weighted by Crippen LogP contribution is -2.50. The van der Waals surface area contributed by atoms with Crippen LogP contribution in [0.15, 0.2) is 18.2 Å². The van der Waals surface area contributed by atoms with Gasteiger partial charge in [0.25, 0.3) is 5.91 Å². The van der Waals surface area contributed by atoms with E-state index in [1.54, 1.807) is 6.07 Å². The van der Waals surface area contributed by atoms with Crippen molar-refractivity contribution in [2.45, 2.75) is 44.7 Å². The molecule has 1 aromatic heterocycles. The Labute approximate surface area is 153 Å². The molecule has 2 aliphatic heterocycles. The fourth-order valence-electron chi connectivity index (χ4n) is 4.30. The number of amides is 1. The van der Waals surface area contributed by atoms with Crippen molar-refractivity contribution in [1.29, 1.82) is 0 Å². The van der Waals surface area contributed by atoms with Crippen molar-refractivity contribution >= 4 is 16.8 Å². The third-order valence-electron chi connectivity index (χ3n) is 5.77. The molecular weight excluding hydrogens is 331 g/mol. The lowest BCUT2D eigenvalue weighted by Gasteiger charge is -2.39. The first-order chi connectivity index (χ1) is 12.6. The van der Waals surface area contributed by atoms with Gasteiger partial charge in [-0.15, -0.1) is 0 Å². The summed E-state index contributed by atoms with van der Waals surface area (Å²) in [5, 5.41) is 7.01. The molecular formula is C20H27FN4O. The predicted octanol–water partition coefficient (Wildman–Crippen LogP) is 2.56. The van der Waals surface area contributed by atoms with Crippen molar-refractivity contribution < 1.29 is 9.18 Å². The summed E-state index contributed by atoms with van der Waals surface area (Å²) in [5.41, 5.74) is 1.95.